The smallest absolute Gasteiger partial charge is 0.270 e. The van der Waals surface area contributed by atoms with Gasteiger partial charge in [-0.15, -0.1) is 0 Å². The largest absolute Gasteiger partial charge is 0.344 e. The van der Waals surface area contributed by atoms with Gasteiger partial charge in [0.25, 0.3) is 11.6 Å². The Kier molecular flexibility index (Phi) is 5.10. The topological polar surface area (TPSA) is 90.1 Å². The lowest BCUT2D eigenvalue weighted by atomic mass is 10.0. The van der Waals surface area contributed by atoms with E-state index in [9.17, 15) is 14.9 Å². The number of amides is 1. The zero-order valence-corrected chi connectivity index (χ0v) is 13.4. The number of hydrogen-bond donors (Lipinski definition) is 1. The van der Waals surface area contributed by atoms with Crippen LogP contribution in [0.4, 0.5) is 5.69 Å². The summed E-state index contributed by atoms with van der Waals surface area (Å²) in [4.78, 5) is 23.0. The minimum Gasteiger partial charge on any atom is -0.344 e. The fourth-order valence-corrected chi connectivity index (χ4v) is 2.48. The molecule has 0 aliphatic rings. The van der Waals surface area contributed by atoms with Crippen molar-refractivity contribution in [2.24, 2.45) is 0 Å². The Morgan fingerprint density at radius 3 is 2.74 bits per heavy atom. The van der Waals surface area contributed by atoms with Crippen LogP contribution >= 0.6 is 0 Å². The highest BCUT2D eigenvalue weighted by molar-refractivity contribution is 5.93. The number of aromatic nitrogens is 2. The summed E-state index contributed by atoms with van der Waals surface area (Å²) in [6.07, 6.45) is 0.631. The average Bonchev–Trinajstić information content (AvgIpc) is 2.93. The first-order valence-corrected chi connectivity index (χ1v) is 7.55. The number of benzene rings is 1. The number of nitrogens with one attached hydrogen (secondary N) is 1. The van der Waals surface area contributed by atoms with Crippen molar-refractivity contribution in [2.45, 2.75) is 39.8 Å². The molecule has 1 N–H and O–H groups in total. The van der Waals surface area contributed by atoms with Gasteiger partial charge in [-0.2, -0.15) is 5.10 Å². The zero-order valence-electron chi connectivity index (χ0n) is 13.4. The summed E-state index contributed by atoms with van der Waals surface area (Å²) in [5.74, 6) is -0.231. The van der Waals surface area contributed by atoms with Crippen molar-refractivity contribution in [1.82, 2.24) is 15.1 Å². The molecular weight excluding hydrogens is 296 g/mol. The fourth-order valence-electron chi connectivity index (χ4n) is 2.48. The van der Waals surface area contributed by atoms with Gasteiger partial charge in [0.1, 0.15) is 5.69 Å². The number of nitro benzene ring substituents is 1. The first-order chi connectivity index (χ1) is 11.0. The summed E-state index contributed by atoms with van der Waals surface area (Å²) < 4.78 is 1.64. The van der Waals surface area contributed by atoms with E-state index >= 15 is 0 Å². The Morgan fingerprint density at radius 2 is 2.13 bits per heavy atom. The lowest BCUT2D eigenvalue weighted by molar-refractivity contribution is -0.384. The van der Waals surface area contributed by atoms with Crippen LogP contribution < -0.4 is 5.32 Å². The second-order valence-corrected chi connectivity index (χ2v) is 5.27. The number of rotatable bonds is 6. The van der Waals surface area contributed by atoms with Gasteiger partial charge in [-0.1, -0.05) is 19.1 Å². The van der Waals surface area contributed by atoms with Crippen molar-refractivity contribution < 1.29 is 9.72 Å². The lowest BCUT2D eigenvalue weighted by Gasteiger charge is -2.17. The van der Waals surface area contributed by atoms with E-state index in [-0.39, 0.29) is 17.6 Å². The number of nitrogens with zero attached hydrogens (tertiary/aromatic N) is 3. The van der Waals surface area contributed by atoms with E-state index in [1.165, 1.54) is 12.1 Å². The van der Waals surface area contributed by atoms with E-state index in [1.807, 2.05) is 20.8 Å². The second-order valence-electron chi connectivity index (χ2n) is 5.27. The summed E-state index contributed by atoms with van der Waals surface area (Å²) >= 11 is 0. The highest BCUT2D eigenvalue weighted by Gasteiger charge is 2.19. The number of non-ortho nitro benzene ring substituents is 1. The third kappa shape index (κ3) is 3.74. The Balaban J connectivity index is 2.23. The van der Waals surface area contributed by atoms with Crippen molar-refractivity contribution in [3.63, 3.8) is 0 Å². The molecule has 0 radical (unpaired) electrons. The third-order valence-electron chi connectivity index (χ3n) is 3.63. The lowest BCUT2D eigenvalue weighted by Crippen LogP contribution is -2.30. The van der Waals surface area contributed by atoms with Crippen molar-refractivity contribution in [2.75, 3.05) is 0 Å². The first kappa shape index (κ1) is 16.7. The molecule has 0 unspecified atom stereocenters. The third-order valence-corrected chi connectivity index (χ3v) is 3.63. The van der Waals surface area contributed by atoms with Gasteiger partial charge in [0.05, 0.1) is 16.7 Å². The summed E-state index contributed by atoms with van der Waals surface area (Å²) in [6.45, 7) is 6.28. The summed E-state index contributed by atoms with van der Waals surface area (Å²) in [5.41, 5.74) is 2.01. The number of nitro groups is 1. The van der Waals surface area contributed by atoms with E-state index < -0.39 is 4.92 Å². The molecule has 2 rings (SSSR count). The molecule has 0 fully saturated rings. The molecule has 0 saturated carbocycles. The van der Waals surface area contributed by atoms with E-state index in [0.717, 1.165) is 5.69 Å². The first-order valence-electron chi connectivity index (χ1n) is 7.55. The van der Waals surface area contributed by atoms with Crippen LogP contribution in [0, 0.1) is 17.0 Å². The highest BCUT2D eigenvalue weighted by Crippen LogP contribution is 2.22. The maximum Gasteiger partial charge on any atom is 0.270 e. The van der Waals surface area contributed by atoms with Gasteiger partial charge in [0.2, 0.25) is 0 Å². The Bertz CT molecular complexity index is 724. The van der Waals surface area contributed by atoms with E-state index in [2.05, 4.69) is 10.4 Å². The van der Waals surface area contributed by atoms with Gasteiger partial charge in [-0.25, -0.2) is 0 Å². The minimum atomic E-state index is -0.437. The fraction of sp³-hybridized carbons (Fsp3) is 0.375. The van der Waals surface area contributed by atoms with Crippen molar-refractivity contribution in [3.05, 3.63) is 57.4 Å². The minimum absolute atomic E-state index is 0.0182. The molecule has 1 amide bonds. The van der Waals surface area contributed by atoms with Crippen molar-refractivity contribution >= 4 is 11.6 Å². The average molecular weight is 316 g/mol. The second kappa shape index (κ2) is 7.04. The predicted octanol–water partition coefficient (Wildman–Crippen LogP) is 3.00. The van der Waals surface area contributed by atoms with E-state index in [4.69, 9.17) is 0 Å². The molecule has 0 bridgehead atoms. The Morgan fingerprint density at radius 1 is 1.39 bits per heavy atom. The molecule has 0 spiro atoms. The van der Waals surface area contributed by atoms with Crippen molar-refractivity contribution in [3.8, 4) is 0 Å². The van der Waals surface area contributed by atoms with Gasteiger partial charge in [-0.3, -0.25) is 19.6 Å². The van der Waals surface area contributed by atoms with Crippen LogP contribution in [-0.4, -0.2) is 20.6 Å². The SMILES string of the molecule is CC[C@@H](NC(=O)c1cc(C)nn1CC)c1cccc([N+](=O)[O-])c1. The monoisotopic (exact) mass is 316 g/mol. The maximum absolute atomic E-state index is 12.5. The van der Waals surface area contributed by atoms with Crippen LogP contribution in [0.25, 0.3) is 0 Å². The van der Waals surface area contributed by atoms with Gasteiger partial charge in [-0.05, 0) is 31.9 Å². The maximum atomic E-state index is 12.5. The molecule has 7 nitrogen and oxygen atoms in total. The molecule has 1 heterocycles. The number of aryl methyl sites for hydroxylation is 2. The number of carbonyl (C=O) groups is 1. The van der Waals surface area contributed by atoms with E-state index in [0.29, 0.717) is 24.2 Å². The Hall–Kier alpha value is -2.70. The number of carbonyl (C=O) groups excluding carboxylic acids is 1. The van der Waals surface area contributed by atoms with Gasteiger partial charge < -0.3 is 5.32 Å². The van der Waals surface area contributed by atoms with Crippen LogP contribution in [0.5, 0.6) is 0 Å². The van der Waals surface area contributed by atoms with Gasteiger partial charge >= 0.3 is 0 Å². The summed E-state index contributed by atoms with van der Waals surface area (Å²) in [6, 6.07) is 7.79. The molecule has 1 aromatic carbocycles. The number of hydrogen-bond acceptors (Lipinski definition) is 4. The molecule has 1 aromatic heterocycles. The summed E-state index contributed by atoms with van der Waals surface area (Å²) in [7, 11) is 0. The molecule has 23 heavy (non-hydrogen) atoms. The van der Waals surface area contributed by atoms with Crippen LogP contribution in [0.3, 0.4) is 0 Å². The molecule has 0 saturated heterocycles. The molecule has 0 aliphatic carbocycles. The highest BCUT2D eigenvalue weighted by atomic mass is 16.6. The molecule has 7 heteroatoms. The van der Waals surface area contributed by atoms with Gasteiger partial charge in [0.15, 0.2) is 0 Å². The van der Waals surface area contributed by atoms with Crippen LogP contribution in [-0.2, 0) is 6.54 Å². The molecule has 2 aromatic rings. The molecule has 1 atom stereocenters. The van der Waals surface area contributed by atoms with Crippen LogP contribution in [0.2, 0.25) is 0 Å². The standard InChI is InChI=1S/C16H20N4O3/c1-4-14(12-7-6-8-13(10-12)20(22)23)17-16(21)15-9-11(3)18-19(15)5-2/h6-10,14H,4-5H2,1-3H3,(H,17,21)/t14-/m1/s1. The Labute approximate surface area is 134 Å². The summed E-state index contributed by atoms with van der Waals surface area (Å²) in [5, 5.41) is 18.1. The van der Waals surface area contributed by atoms with Crippen molar-refractivity contribution in [1.29, 1.82) is 0 Å². The zero-order chi connectivity index (χ0) is 17.0. The van der Waals surface area contributed by atoms with E-state index in [1.54, 1.807) is 22.9 Å². The normalized spacial score (nSPS) is 12.0. The van der Waals surface area contributed by atoms with Gasteiger partial charge in [0, 0.05) is 18.7 Å². The molecule has 122 valence electrons. The molecular formula is C16H20N4O3. The van der Waals surface area contributed by atoms with Crippen LogP contribution in [0.15, 0.2) is 30.3 Å². The molecule has 0 aliphatic heterocycles. The van der Waals surface area contributed by atoms with Crippen LogP contribution in [0.1, 0.15) is 48.1 Å². The predicted molar refractivity (Wildman–Crippen MR) is 86.2 cm³/mol. The quantitative estimate of drug-likeness (QED) is 0.655.